The lowest BCUT2D eigenvalue weighted by Crippen LogP contribution is -2.09. The van der Waals surface area contributed by atoms with E-state index in [0.29, 0.717) is 5.55 Å². The van der Waals surface area contributed by atoms with Crippen molar-refractivity contribution in [1.82, 2.24) is 0 Å². The summed E-state index contributed by atoms with van der Waals surface area (Å²) in [7, 11) is 0. The Morgan fingerprint density at radius 2 is 1.75 bits per heavy atom. The van der Waals surface area contributed by atoms with Crippen molar-refractivity contribution in [3.05, 3.63) is 40.1 Å². The van der Waals surface area contributed by atoms with E-state index in [4.69, 9.17) is 14.0 Å². The van der Waals surface area contributed by atoms with Crippen LogP contribution in [0.25, 0.3) is 21.9 Å². The molecule has 0 bridgehead atoms. The number of fused-ring (bicyclic) bond motifs is 4. The van der Waals surface area contributed by atoms with Gasteiger partial charge in [-0.2, -0.15) is 0 Å². The standard InChI is InChI=1S/C16H15NO3/c1-8-9(2)19-14-7-15-13(6-12(8)14)10-4-3-5-11(10)16(17-18)20-15/h6-7,18H,3-5H2,1-2H3/b17-16+. The van der Waals surface area contributed by atoms with Gasteiger partial charge in [-0.05, 0) is 55.5 Å². The average molecular weight is 269 g/mol. The Kier molecular flexibility index (Phi) is 2.25. The molecule has 102 valence electrons. The predicted octanol–water partition coefficient (Wildman–Crippen LogP) is 3.57. The molecule has 0 amide bonds. The first-order valence-electron chi connectivity index (χ1n) is 6.85. The molecule has 0 fully saturated rings. The normalized spacial score (nSPS) is 15.4. The van der Waals surface area contributed by atoms with Crippen LogP contribution in [0.5, 0.6) is 0 Å². The van der Waals surface area contributed by atoms with Gasteiger partial charge in [0.1, 0.15) is 16.9 Å². The van der Waals surface area contributed by atoms with Crippen molar-refractivity contribution < 1.29 is 14.0 Å². The van der Waals surface area contributed by atoms with Crippen LogP contribution in [0.1, 0.15) is 28.9 Å². The largest absolute Gasteiger partial charge is 0.461 e. The number of nitrogens with zero attached hydrogens (tertiary/aromatic N) is 1. The van der Waals surface area contributed by atoms with Crippen LogP contribution >= 0.6 is 0 Å². The fraction of sp³-hybridized carbons (Fsp3) is 0.312. The smallest absolute Gasteiger partial charge is 0.259 e. The molecule has 2 aromatic heterocycles. The Bertz CT molecular complexity index is 915. The molecule has 2 heterocycles. The van der Waals surface area contributed by atoms with E-state index >= 15 is 0 Å². The molecule has 0 spiro atoms. The SMILES string of the molecule is Cc1oc2cc3o/c(=N/O)c4c(c3cc2c1C)CCC4. The van der Waals surface area contributed by atoms with Gasteiger partial charge in [0.2, 0.25) is 0 Å². The Hall–Kier alpha value is -2.23. The van der Waals surface area contributed by atoms with E-state index in [-0.39, 0.29) is 0 Å². The highest BCUT2D eigenvalue weighted by Crippen LogP contribution is 2.33. The molecule has 0 unspecified atom stereocenters. The first kappa shape index (κ1) is 11.6. The van der Waals surface area contributed by atoms with Gasteiger partial charge in [0.15, 0.2) is 0 Å². The van der Waals surface area contributed by atoms with Gasteiger partial charge in [-0.3, -0.25) is 0 Å². The van der Waals surface area contributed by atoms with E-state index in [1.807, 2.05) is 13.0 Å². The molecule has 0 saturated carbocycles. The molecular formula is C16H15NO3. The fourth-order valence-corrected chi connectivity index (χ4v) is 3.21. The Labute approximate surface area is 115 Å². The molecule has 0 atom stereocenters. The van der Waals surface area contributed by atoms with Crippen LogP contribution in [0, 0.1) is 13.8 Å². The zero-order chi connectivity index (χ0) is 13.9. The van der Waals surface area contributed by atoms with E-state index < -0.39 is 0 Å². The van der Waals surface area contributed by atoms with Gasteiger partial charge in [0.25, 0.3) is 5.55 Å². The molecule has 0 saturated heterocycles. The quantitative estimate of drug-likeness (QED) is 0.501. The number of furan rings is 1. The van der Waals surface area contributed by atoms with Gasteiger partial charge in [-0.1, -0.05) is 0 Å². The van der Waals surface area contributed by atoms with Crippen molar-refractivity contribution in [2.24, 2.45) is 5.16 Å². The van der Waals surface area contributed by atoms with Crippen molar-refractivity contribution in [1.29, 1.82) is 0 Å². The summed E-state index contributed by atoms with van der Waals surface area (Å²) in [6.45, 7) is 4.04. The van der Waals surface area contributed by atoms with Crippen LogP contribution in [0.3, 0.4) is 0 Å². The van der Waals surface area contributed by atoms with Gasteiger partial charge in [0, 0.05) is 22.4 Å². The van der Waals surface area contributed by atoms with Crippen LogP contribution in [0.2, 0.25) is 0 Å². The van der Waals surface area contributed by atoms with E-state index in [1.165, 1.54) is 11.1 Å². The molecule has 4 rings (SSSR count). The summed E-state index contributed by atoms with van der Waals surface area (Å²) in [5.74, 6) is 0.930. The Morgan fingerprint density at radius 3 is 2.55 bits per heavy atom. The van der Waals surface area contributed by atoms with Crippen LogP contribution in [-0.4, -0.2) is 5.21 Å². The first-order chi connectivity index (χ1) is 9.69. The van der Waals surface area contributed by atoms with Gasteiger partial charge in [-0.15, -0.1) is 0 Å². The number of hydrogen-bond acceptors (Lipinski definition) is 4. The topological polar surface area (TPSA) is 58.9 Å². The van der Waals surface area contributed by atoms with Crippen molar-refractivity contribution in [2.75, 3.05) is 0 Å². The summed E-state index contributed by atoms with van der Waals surface area (Å²) in [5.41, 5.74) is 5.34. The lowest BCUT2D eigenvalue weighted by molar-refractivity contribution is 0.275. The number of rotatable bonds is 0. The molecule has 1 aliphatic rings. The Balaban J connectivity index is 2.21. The maximum Gasteiger partial charge on any atom is 0.259 e. The zero-order valence-electron chi connectivity index (χ0n) is 11.5. The van der Waals surface area contributed by atoms with E-state index in [0.717, 1.165) is 52.5 Å². The zero-order valence-corrected chi connectivity index (χ0v) is 11.5. The van der Waals surface area contributed by atoms with Crippen LogP contribution < -0.4 is 5.55 Å². The third kappa shape index (κ3) is 1.39. The summed E-state index contributed by atoms with van der Waals surface area (Å²) in [5, 5.41) is 14.7. The summed E-state index contributed by atoms with van der Waals surface area (Å²) < 4.78 is 11.5. The van der Waals surface area contributed by atoms with Crippen LogP contribution in [0.15, 0.2) is 26.1 Å². The predicted molar refractivity (Wildman–Crippen MR) is 74.8 cm³/mol. The van der Waals surface area contributed by atoms with Crippen LogP contribution in [0.4, 0.5) is 0 Å². The molecule has 20 heavy (non-hydrogen) atoms. The van der Waals surface area contributed by atoms with Crippen molar-refractivity contribution in [3.8, 4) is 0 Å². The highest BCUT2D eigenvalue weighted by Gasteiger charge is 2.20. The molecule has 0 aliphatic heterocycles. The molecule has 4 heteroatoms. The van der Waals surface area contributed by atoms with E-state index in [1.54, 1.807) is 0 Å². The van der Waals surface area contributed by atoms with Crippen molar-refractivity contribution >= 4 is 21.9 Å². The minimum Gasteiger partial charge on any atom is -0.461 e. The number of hydrogen-bond donors (Lipinski definition) is 1. The molecule has 0 radical (unpaired) electrons. The highest BCUT2D eigenvalue weighted by atomic mass is 16.5. The minimum atomic E-state index is 0.337. The van der Waals surface area contributed by atoms with Crippen molar-refractivity contribution in [3.63, 3.8) is 0 Å². The molecule has 1 aliphatic carbocycles. The van der Waals surface area contributed by atoms with Crippen LogP contribution in [-0.2, 0) is 12.8 Å². The highest BCUT2D eigenvalue weighted by molar-refractivity contribution is 5.97. The molecule has 1 N–H and O–H groups in total. The van der Waals surface area contributed by atoms with Gasteiger partial charge in [-0.25, -0.2) is 0 Å². The summed E-state index contributed by atoms with van der Waals surface area (Å²) in [4.78, 5) is 0. The summed E-state index contributed by atoms with van der Waals surface area (Å²) >= 11 is 0. The monoisotopic (exact) mass is 269 g/mol. The minimum absolute atomic E-state index is 0.337. The van der Waals surface area contributed by atoms with Gasteiger partial charge < -0.3 is 14.0 Å². The van der Waals surface area contributed by atoms with E-state index in [9.17, 15) is 0 Å². The molecule has 1 aromatic carbocycles. The van der Waals surface area contributed by atoms with Crippen molar-refractivity contribution in [2.45, 2.75) is 33.1 Å². The average Bonchev–Trinajstić information content (AvgIpc) is 3.03. The third-order valence-corrected chi connectivity index (χ3v) is 4.38. The summed E-state index contributed by atoms with van der Waals surface area (Å²) in [6.07, 6.45) is 3.00. The molecule has 3 aromatic rings. The maximum atomic E-state index is 9.13. The maximum absolute atomic E-state index is 9.13. The second kappa shape index (κ2) is 3.88. The summed E-state index contributed by atoms with van der Waals surface area (Å²) in [6, 6.07) is 4.04. The molecular weight excluding hydrogens is 254 g/mol. The molecule has 4 nitrogen and oxygen atoms in total. The number of aryl methyl sites for hydroxylation is 3. The first-order valence-corrected chi connectivity index (χ1v) is 6.85. The lowest BCUT2D eigenvalue weighted by atomic mass is 10.0. The lowest BCUT2D eigenvalue weighted by Gasteiger charge is -2.05. The van der Waals surface area contributed by atoms with E-state index in [2.05, 4.69) is 18.1 Å². The number of benzene rings is 1. The van der Waals surface area contributed by atoms with Gasteiger partial charge in [0.05, 0.1) is 0 Å². The fourth-order valence-electron chi connectivity index (χ4n) is 3.21. The second-order valence-electron chi connectivity index (χ2n) is 5.45. The van der Waals surface area contributed by atoms with Gasteiger partial charge >= 0.3 is 0 Å². The third-order valence-electron chi connectivity index (χ3n) is 4.38. The second-order valence-corrected chi connectivity index (χ2v) is 5.45. The Morgan fingerprint density at radius 1 is 1.00 bits per heavy atom.